The second-order valence-corrected chi connectivity index (χ2v) is 5.58. The first kappa shape index (κ1) is 18.3. The Balaban J connectivity index is 2.00. The number of carbonyl (C=O) groups is 1. The van der Waals surface area contributed by atoms with E-state index >= 15 is 0 Å². The predicted molar refractivity (Wildman–Crippen MR) is 77.6 cm³/mol. The maximum atomic E-state index is 13.2. The fraction of sp³-hybridized carbons (Fsp3) is 0.286. The fourth-order valence-electron chi connectivity index (χ4n) is 1.62. The number of nitrogens with one attached hydrogen (secondary N) is 1. The molecule has 0 aliphatic rings. The molecule has 1 aromatic carbocycles. The minimum Gasteiger partial charge on any atom is -0.359 e. The van der Waals surface area contributed by atoms with Crippen molar-refractivity contribution in [2.45, 2.75) is 19.2 Å². The number of thiazole rings is 1. The molecule has 1 heterocycles. The molecule has 1 atom stereocenters. The third-order valence-electron chi connectivity index (χ3n) is 2.82. The van der Waals surface area contributed by atoms with Crippen LogP contribution in [0.2, 0.25) is 0 Å². The molecule has 0 fully saturated rings. The van der Waals surface area contributed by atoms with E-state index in [0.29, 0.717) is 5.56 Å². The highest BCUT2D eigenvalue weighted by Crippen LogP contribution is 2.26. The fourth-order valence-corrected chi connectivity index (χ4v) is 2.34. The van der Waals surface area contributed by atoms with E-state index in [4.69, 9.17) is 0 Å². The Morgan fingerprint density at radius 2 is 2.04 bits per heavy atom. The minimum atomic E-state index is -4.53. The van der Waals surface area contributed by atoms with Crippen LogP contribution in [0.4, 0.5) is 27.1 Å². The first-order chi connectivity index (χ1) is 11.2. The van der Waals surface area contributed by atoms with Gasteiger partial charge in [0.2, 0.25) is 0 Å². The van der Waals surface area contributed by atoms with Crippen LogP contribution in [-0.2, 0) is 9.53 Å². The van der Waals surface area contributed by atoms with E-state index in [0.717, 1.165) is 23.5 Å². The molecule has 0 aliphatic carbocycles. The van der Waals surface area contributed by atoms with Gasteiger partial charge in [-0.3, -0.25) is 10.1 Å². The summed E-state index contributed by atoms with van der Waals surface area (Å²) in [6, 6.07) is 3.20. The lowest BCUT2D eigenvalue weighted by molar-refractivity contribution is -0.184. The summed E-state index contributed by atoms with van der Waals surface area (Å²) >= 11 is 0.987. The molecule has 1 unspecified atom stereocenters. The van der Waals surface area contributed by atoms with Gasteiger partial charge in [-0.1, -0.05) is 0 Å². The summed E-state index contributed by atoms with van der Waals surface area (Å²) in [5.41, 5.74) is 0.588. The van der Waals surface area contributed by atoms with E-state index in [2.05, 4.69) is 15.0 Å². The molecule has 2 rings (SSSR count). The highest BCUT2D eigenvalue weighted by molar-refractivity contribution is 7.14. The lowest BCUT2D eigenvalue weighted by atomic mass is 10.2. The van der Waals surface area contributed by atoms with Gasteiger partial charge in [-0.2, -0.15) is 13.2 Å². The van der Waals surface area contributed by atoms with Crippen LogP contribution in [0.15, 0.2) is 23.6 Å². The number of amides is 1. The van der Waals surface area contributed by atoms with Gasteiger partial charge >= 0.3 is 6.18 Å². The second-order valence-electron chi connectivity index (χ2n) is 4.72. The van der Waals surface area contributed by atoms with Gasteiger partial charge in [-0.15, -0.1) is 11.3 Å². The highest BCUT2D eigenvalue weighted by atomic mass is 32.1. The number of ether oxygens (including phenoxy) is 1. The Labute approximate surface area is 137 Å². The van der Waals surface area contributed by atoms with Crippen molar-refractivity contribution in [2.75, 3.05) is 11.9 Å². The number of benzene rings is 1. The van der Waals surface area contributed by atoms with E-state index in [1.165, 1.54) is 18.4 Å². The van der Waals surface area contributed by atoms with Crippen molar-refractivity contribution in [1.29, 1.82) is 0 Å². The van der Waals surface area contributed by atoms with Crippen LogP contribution in [0.25, 0.3) is 11.3 Å². The number of hydrogen-bond donors (Lipinski definition) is 1. The molecule has 0 saturated heterocycles. The predicted octanol–water partition coefficient (Wildman–Crippen LogP) is 3.99. The van der Waals surface area contributed by atoms with Crippen LogP contribution in [0, 0.1) is 11.6 Å². The van der Waals surface area contributed by atoms with Gasteiger partial charge in [0.1, 0.15) is 12.7 Å². The maximum absolute atomic E-state index is 13.2. The highest BCUT2D eigenvalue weighted by Gasteiger charge is 2.30. The normalized spacial score (nSPS) is 12.9. The number of hydrogen-bond acceptors (Lipinski definition) is 4. The number of alkyl halides is 3. The van der Waals surface area contributed by atoms with Gasteiger partial charge in [0.15, 0.2) is 16.8 Å². The van der Waals surface area contributed by atoms with Crippen molar-refractivity contribution in [3.8, 4) is 11.3 Å². The van der Waals surface area contributed by atoms with E-state index in [1.54, 1.807) is 0 Å². The molecule has 0 radical (unpaired) electrons. The van der Waals surface area contributed by atoms with Crippen molar-refractivity contribution in [3.63, 3.8) is 0 Å². The molecule has 1 amide bonds. The third kappa shape index (κ3) is 4.96. The van der Waals surface area contributed by atoms with Crippen molar-refractivity contribution in [3.05, 3.63) is 35.2 Å². The molecular weight excluding hydrogens is 355 g/mol. The largest absolute Gasteiger partial charge is 0.411 e. The molecule has 24 heavy (non-hydrogen) atoms. The van der Waals surface area contributed by atoms with Crippen molar-refractivity contribution < 1.29 is 31.5 Å². The van der Waals surface area contributed by atoms with E-state index in [1.807, 2.05) is 0 Å². The summed E-state index contributed by atoms with van der Waals surface area (Å²) in [4.78, 5) is 15.7. The summed E-state index contributed by atoms with van der Waals surface area (Å²) in [6.07, 6.45) is -5.86. The number of nitrogens with zero attached hydrogens (tertiary/aromatic N) is 1. The summed E-state index contributed by atoms with van der Waals surface area (Å²) in [6.45, 7) is -0.371. The Hall–Kier alpha value is -2.07. The van der Waals surface area contributed by atoms with Crippen LogP contribution in [0.1, 0.15) is 6.92 Å². The zero-order chi connectivity index (χ0) is 17.9. The summed E-state index contributed by atoms with van der Waals surface area (Å²) in [7, 11) is 0. The topological polar surface area (TPSA) is 51.2 Å². The average Bonchev–Trinajstić information content (AvgIpc) is 2.95. The molecule has 0 spiro atoms. The van der Waals surface area contributed by atoms with E-state index in [9.17, 15) is 26.7 Å². The van der Waals surface area contributed by atoms with Gasteiger partial charge in [-0.25, -0.2) is 13.8 Å². The molecule has 10 heteroatoms. The third-order valence-corrected chi connectivity index (χ3v) is 3.57. The Kier molecular flexibility index (Phi) is 5.50. The molecule has 1 N–H and O–H groups in total. The molecular formula is C14H11F5N2O2S. The van der Waals surface area contributed by atoms with Gasteiger partial charge in [-0.05, 0) is 25.1 Å². The van der Waals surface area contributed by atoms with Crippen LogP contribution in [0.5, 0.6) is 0 Å². The SMILES string of the molecule is CC(OCC(F)(F)F)C(=O)Nc1nc(-c2ccc(F)c(F)c2)cs1. The van der Waals surface area contributed by atoms with E-state index < -0.39 is 36.4 Å². The molecule has 1 aromatic heterocycles. The quantitative estimate of drug-likeness (QED) is 0.814. The zero-order valence-corrected chi connectivity index (χ0v) is 13.0. The maximum Gasteiger partial charge on any atom is 0.411 e. The molecule has 0 saturated carbocycles. The van der Waals surface area contributed by atoms with Gasteiger partial charge in [0.25, 0.3) is 5.91 Å². The second kappa shape index (κ2) is 7.22. The number of carbonyl (C=O) groups excluding carboxylic acids is 1. The van der Waals surface area contributed by atoms with Gasteiger partial charge in [0, 0.05) is 10.9 Å². The molecule has 0 bridgehead atoms. The molecule has 2 aromatic rings. The average molecular weight is 366 g/mol. The molecule has 4 nitrogen and oxygen atoms in total. The standard InChI is InChI=1S/C14H11F5N2O2S/c1-7(23-6-14(17,18)19)12(22)21-13-20-11(5-24-13)8-2-3-9(15)10(16)4-8/h2-5,7H,6H2,1H3,(H,20,21,22). The number of anilines is 1. The van der Waals surface area contributed by atoms with Crippen LogP contribution >= 0.6 is 11.3 Å². The van der Waals surface area contributed by atoms with Crippen LogP contribution < -0.4 is 5.32 Å². The monoisotopic (exact) mass is 366 g/mol. The number of halogens is 5. The molecule has 130 valence electrons. The first-order valence-electron chi connectivity index (χ1n) is 6.56. The first-order valence-corrected chi connectivity index (χ1v) is 7.44. The summed E-state index contributed by atoms with van der Waals surface area (Å²) in [5, 5.41) is 3.89. The lowest BCUT2D eigenvalue weighted by Gasteiger charge is -2.13. The summed E-state index contributed by atoms with van der Waals surface area (Å²) < 4.78 is 66.6. The summed E-state index contributed by atoms with van der Waals surface area (Å²) in [5.74, 6) is -2.84. The van der Waals surface area contributed by atoms with Gasteiger partial charge < -0.3 is 4.74 Å². The smallest absolute Gasteiger partial charge is 0.359 e. The van der Waals surface area contributed by atoms with E-state index in [-0.39, 0.29) is 10.8 Å². The number of rotatable bonds is 5. The lowest BCUT2D eigenvalue weighted by Crippen LogP contribution is -2.31. The van der Waals surface area contributed by atoms with Crippen molar-refractivity contribution in [1.82, 2.24) is 4.98 Å². The Bertz CT molecular complexity index is 732. The van der Waals surface area contributed by atoms with Crippen molar-refractivity contribution in [2.24, 2.45) is 0 Å². The Morgan fingerprint density at radius 1 is 1.33 bits per heavy atom. The molecule has 0 aliphatic heterocycles. The van der Waals surface area contributed by atoms with Crippen LogP contribution in [-0.4, -0.2) is 29.8 Å². The Morgan fingerprint density at radius 3 is 2.67 bits per heavy atom. The van der Waals surface area contributed by atoms with Crippen molar-refractivity contribution >= 4 is 22.4 Å². The minimum absolute atomic E-state index is 0.0993. The zero-order valence-electron chi connectivity index (χ0n) is 12.2. The van der Waals surface area contributed by atoms with Crippen LogP contribution in [0.3, 0.4) is 0 Å². The number of aromatic nitrogens is 1. The van der Waals surface area contributed by atoms with Gasteiger partial charge in [0.05, 0.1) is 5.69 Å².